The molecule has 0 saturated heterocycles. The Morgan fingerprint density at radius 1 is 1.03 bits per heavy atom. The molecule has 5 rings (SSSR count). The highest BCUT2D eigenvalue weighted by molar-refractivity contribution is 5.80. The fraction of sp³-hybridized carbons (Fsp3) is 0.217. The zero-order chi connectivity index (χ0) is 23.2. The van der Waals surface area contributed by atoms with Gasteiger partial charge in [0, 0.05) is 29.6 Å². The lowest BCUT2D eigenvalue weighted by Gasteiger charge is -2.31. The molecule has 0 atom stereocenters. The number of ether oxygens (including phenoxy) is 1. The van der Waals surface area contributed by atoms with Crippen LogP contribution in [0, 0.1) is 5.92 Å². The van der Waals surface area contributed by atoms with E-state index >= 15 is 0 Å². The SMILES string of the molecule is O=C(O)[C@H]1C[C@H](Oc2ccc(-c3ccc(-c4nc5cc(C(F)(F)F)ccc5[nH]4)cn3)cn2)C1. The number of carbonyl (C=O) groups is 1. The highest BCUT2D eigenvalue weighted by Crippen LogP contribution is 2.33. The maximum Gasteiger partial charge on any atom is 0.416 e. The van der Waals surface area contributed by atoms with Crippen molar-refractivity contribution in [2.75, 3.05) is 0 Å². The van der Waals surface area contributed by atoms with Crippen LogP contribution in [0.15, 0.2) is 54.9 Å². The van der Waals surface area contributed by atoms with Crippen LogP contribution < -0.4 is 4.74 Å². The summed E-state index contributed by atoms with van der Waals surface area (Å²) in [6.45, 7) is 0. The molecule has 10 heteroatoms. The van der Waals surface area contributed by atoms with Crippen LogP contribution in [0.3, 0.4) is 0 Å². The molecule has 0 amide bonds. The topological polar surface area (TPSA) is 101 Å². The Labute approximate surface area is 185 Å². The fourth-order valence-corrected chi connectivity index (χ4v) is 3.66. The number of fused-ring (bicyclic) bond motifs is 1. The predicted octanol–water partition coefficient (Wildman–Crippen LogP) is 4.95. The van der Waals surface area contributed by atoms with E-state index in [1.54, 1.807) is 36.7 Å². The van der Waals surface area contributed by atoms with E-state index in [4.69, 9.17) is 9.84 Å². The van der Waals surface area contributed by atoms with Crippen molar-refractivity contribution in [1.82, 2.24) is 19.9 Å². The van der Waals surface area contributed by atoms with Gasteiger partial charge >= 0.3 is 12.1 Å². The summed E-state index contributed by atoms with van der Waals surface area (Å²) in [4.78, 5) is 26.8. The highest BCUT2D eigenvalue weighted by Gasteiger charge is 2.36. The monoisotopic (exact) mass is 454 g/mol. The molecule has 3 heterocycles. The number of aliphatic carboxylic acids is 1. The maximum atomic E-state index is 12.9. The van der Waals surface area contributed by atoms with Crippen LogP contribution in [0.5, 0.6) is 5.88 Å². The Hall–Kier alpha value is -3.95. The van der Waals surface area contributed by atoms with E-state index in [0.29, 0.717) is 41.3 Å². The van der Waals surface area contributed by atoms with Gasteiger partial charge in [-0.3, -0.25) is 9.78 Å². The first-order chi connectivity index (χ1) is 15.8. The summed E-state index contributed by atoms with van der Waals surface area (Å²) in [6.07, 6.45) is -0.419. The number of H-pyrrole nitrogens is 1. The summed E-state index contributed by atoms with van der Waals surface area (Å²) in [5.41, 5.74) is 2.02. The van der Waals surface area contributed by atoms with Gasteiger partial charge in [0.15, 0.2) is 0 Å². The lowest BCUT2D eigenvalue weighted by atomic mass is 9.82. The molecule has 1 aliphatic rings. The van der Waals surface area contributed by atoms with E-state index in [9.17, 15) is 18.0 Å². The number of nitrogens with one attached hydrogen (secondary N) is 1. The van der Waals surface area contributed by atoms with E-state index in [1.165, 1.54) is 6.07 Å². The van der Waals surface area contributed by atoms with Gasteiger partial charge < -0.3 is 14.8 Å². The number of hydrogen-bond acceptors (Lipinski definition) is 5. The normalized spacial score (nSPS) is 18.2. The molecule has 1 fully saturated rings. The van der Waals surface area contributed by atoms with Crippen molar-refractivity contribution in [2.45, 2.75) is 25.1 Å². The second-order valence-electron chi connectivity index (χ2n) is 7.88. The number of pyridine rings is 2. The van der Waals surface area contributed by atoms with Gasteiger partial charge in [0.25, 0.3) is 0 Å². The van der Waals surface area contributed by atoms with Crippen LogP contribution in [0.1, 0.15) is 18.4 Å². The van der Waals surface area contributed by atoms with E-state index in [-0.39, 0.29) is 17.5 Å². The maximum absolute atomic E-state index is 12.9. The van der Waals surface area contributed by atoms with Gasteiger partial charge in [-0.1, -0.05) is 0 Å². The number of alkyl halides is 3. The molecule has 0 unspecified atom stereocenters. The fourth-order valence-electron chi connectivity index (χ4n) is 3.66. The van der Waals surface area contributed by atoms with E-state index in [0.717, 1.165) is 17.7 Å². The third-order valence-electron chi connectivity index (χ3n) is 5.61. The number of rotatable bonds is 5. The lowest BCUT2D eigenvalue weighted by Crippen LogP contribution is -2.38. The molecular formula is C23H17F3N4O3. The first-order valence-electron chi connectivity index (χ1n) is 10.2. The van der Waals surface area contributed by atoms with E-state index < -0.39 is 17.7 Å². The molecule has 3 aromatic heterocycles. The largest absolute Gasteiger partial charge is 0.481 e. The van der Waals surface area contributed by atoms with Gasteiger partial charge in [0.2, 0.25) is 5.88 Å². The number of carboxylic acids is 1. The number of halogens is 3. The molecule has 4 aromatic rings. The molecule has 7 nitrogen and oxygen atoms in total. The molecule has 0 spiro atoms. The van der Waals surface area contributed by atoms with Gasteiger partial charge in [-0.2, -0.15) is 13.2 Å². The van der Waals surface area contributed by atoms with Crippen molar-refractivity contribution in [3.63, 3.8) is 0 Å². The highest BCUT2D eigenvalue weighted by atomic mass is 19.4. The quantitative estimate of drug-likeness (QED) is 0.443. The number of hydrogen-bond donors (Lipinski definition) is 2. The minimum Gasteiger partial charge on any atom is -0.481 e. The summed E-state index contributed by atoms with van der Waals surface area (Å²) >= 11 is 0. The summed E-state index contributed by atoms with van der Waals surface area (Å²) in [5, 5.41) is 8.92. The van der Waals surface area contributed by atoms with Crippen molar-refractivity contribution < 1.29 is 27.8 Å². The van der Waals surface area contributed by atoms with Gasteiger partial charge in [-0.25, -0.2) is 9.97 Å². The summed E-state index contributed by atoms with van der Waals surface area (Å²) in [7, 11) is 0. The Morgan fingerprint density at radius 3 is 2.42 bits per heavy atom. The average Bonchev–Trinajstić information content (AvgIpc) is 3.19. The Balaban J connectivity index is 1.29. The van der Waals surface area contributed by atoms with Crippen molar-refractivity contribution in [1.29, 1.82) is 0 Å². The molecule has 0 aliphatic heterocycles. The molecule has 168 valence electrons. The van der Waals surface area contributed by atoms with Gasteiger partial charge in [0.1, 0.15) is 11.9 Å². The van der Waals surface area contributed by atoms with Crippen molar-refractivity contribution >= 4 is 17.0 Å². The molecule has 0 bridgehead atoms. The smallest absolute Gasteiger partial charge is 0.416 e. The third kappa shape index (κ3) is 4.23. The molecule has 1 aromatic carbocycles. The third-order valence-corrected chi connectivity index (χ3v) is 5.61. The number of aromatic amines is 1. The number of benzene rings is 1. The number of nitrogens with zero attached hydrogens (tertiary/aromatic N) is 3. The minimum atomic E-state index is -4.43. The molecule has 1 aliphatic carbocycles. The van der Waals surface area contributed by atoms with E-state index in [1.807, 2.05) is 0 Å². The first kappa shape index (κ1) is 20.9. The van der Waals surface area contributed by atoms with Crippen LogP contribution in [0.2, 0.25) is 0 Å². The standard InChI is InChI=1S/C23H17F3N4O3/c24-23(25,26)15-3-5-18-19(9-15)30-21(29-18)13-1-4-17(27-11-13)12-2-6-20(28-10-12)33-16-7-14(8-16)22(31)32/h1-6,9-11,14,16H,7-8H2,(H,29,30)(H,31,32)/t14-,16-. The van der Waals surface area contributed by atoms with Crippen molar-refractivity contribution in [3.8, 4) is 28.5 Å². The van der Waals surface area contributed by atoms with Gasteiger partial charge in [0.05, 0.1) is 28.2 Å². The van der Waals surface area contributed by atoms with Crippen LogP contribution in [0.25, 0.3) is 33.7 Å². The van der Waals surface area contributed by atoms with Crippen LogP contribution in [-0.2, 0) is 11.0 Å². The van der Waals surface area contributed by atoms with E-state index in [2.05, 4.69) is 19.9 Å². The zero-order valence-corrected chi connectivity index (χ0v) is 17.0. The lowest BCUT2D eigenvalue weighted by molar-refractivity contribution is -0.148. The summed E-state index contributed by atoms with van der Waals surface area (Å²) < 4.78 is 44.4. The molecule has 33 heavy (non-hydrogen) atoms. The number of imidazole rings is 1. The summed E-state index contributed by atoms with van der Waals surface area (Å²) in [6, 6.07) is 10.4. The minimum absolute atomic E-state index is 0.141. The average molecular weight is 454 g/mol. The molecular weight excluding hydrogens is 437 g/mol. The zero-order valence-electron chi connectivity index (χ0n) is 17.0. The van der Waals surface area contributed by atoms with Crippen molar-refractivity contribution in [3.05, 3.63) is 60.4 Å². The van der Waals surface area contributed by atoms with Crippen LogP contribution in [-0.4, -0.2) is 37.1 Å². The summed E-state index contributed by atoms with van der Waals surface area (Å²) in [5.74, 6) is -0.313. The molecule has 1 saturated carbocycles. The van der Waals surface area contributed by atoms with Crippen LogP contribution in [0.4, 0.5) is 13.2 Å². The van der Waals surface area contributed by atoms with Crippen LogP contribution >= 0.6 is 0 Å². The molecule has 2 N–H and O–H groups in total. The second-order valence-corrected chi connectivity index (χ2v) is 7.88. The second kappa shape index (κ2) is 7.88. The van der Waals surface area contributed by atoms with Crippen molar-refractivity contribution in [2.24, 2.45) is 5.92 Å². The van der Waals surface area contributed by atoms with Gasteiger partial charge in [-0.05, 0) is 49.2 Å². The molecule has 0 radical (unpaired) electrons. The Bertz CT molecular complexity index is 1310. The first-order valence-corrected chi connectivity index (χ1v) is 10.2. The number of carboxylic acid groups (broad SMARTS) is 1. The number of aromatic nitrogens is 4. The predicted molar refractivity (Wildman–Crippen MR) is 112 cm³/mol. The Morgan fingerprint density at radius 2 is 1.79 bits per heavy atom. The van der Waals surface area contributed by atoms with Gasteiger partial charge in [-0.15, -0.1) is 0 Å². The Kier molecular flexibility index (Phi) is 4.99.